The number of fused-ring (bicyclic) bond motifs is 1. The maximum Gasteiger partial charge on any atom is 0.245 e. The van der Waals surface area contributed by atoms with E-state index >= 15 is 0 Å². The molecular weight excluding hydrogens is 248 g/mol. The largest absolute Gasteiger partial charge is 0.382 e. The average Bonchev–Trinajstić information content (AvgIpc) is 2.86. The second kappa shape index (κ2) is 6.34. The maximum absolute atomic E-state index is 12.5. The van der Waals surface area contributed by atoms with Crippen molar-refractivity contribution in [1.82, 2.24) is 9.80 Å². The van der Waals surface area contributed by atoms with Crippen molar-refractivity contribution in [2.45, 2.75) is 31.4 Å². The van der Waals surface area contributed by atoms with Crippen molar-refractivity contribution in [3.05, 3.63) is 0 Å². The van der Waals surface area contributed by atoms with E-state index in [9.17, 15) is 9.59 Å². The summed E-state index contributed by atoms with van der Waals surface area (Å²) in [5, 5.41) is 0. The van der Waals surface area contributed by atoms with Crippen LogP contribution < -0.4 is 0 Å². The highest BCUT2D eigenvalue weighted by Gasteiger charge is 2.39. The molecule has 0 N–H and O–H groups in total. The number of carbonyl (C=O) groups excluding carboxylic acids is 2. The van der Waals surface area contributed by atoms with Crippen molar-refractivity contribution in [3.8, 4) is 0 Å². The molecule has 2 rings (SSSR count). The SMILES string of the molecule is COCC(CN1CCC(=O)N2CCCC2C1=O)OC. The monoisotopic (exact) mass is 270 g/mol. The highest BCUT2D eigenvalue weighted by Crippen LogP contribution is 2.23. The lowest BCUT2D eigenvalue weighted by Gasteiger charge is -2.28. The zero-order valence-corrected chi connectivity index (χ0v) is 11.6. The van der Waals surface area contributed by atoms with E-state index < -0.39 is 0 Å². The van der Waals surface area contributed by atoms with Crippen molar-refractivity contribution < 1.29 is 19.1 Å². The predicted molar refractivity (Wildman–Crippen MR) is 68.6 cm³/mol. The molecule has 2 fully saturated rings. The molecule has 0 aromatic heterocycles. The van der Waals surface area contributed by atoms with Gasteiger partial charge in [-0.2, -0.15) is 0 Å². The summed E-state index contributed by atoms with van der Waals surface area (Å²) < 4.78 is 10.4. The van der Waals surface area contributed by atoms with Crippen LogP contribution in [0.4, 0.5) is 0 Å². The molecule has 0 saturated carbocycles. The fourth-order valence-corrected chi connectivity index (χ4v) is 2.83. The van der Waals surface area contributed by atoms with Crippen LogP contribution in [-0.2, 0) is 19.1 Å². The number of hydrogen-bond acceptors (Lipinski definition) is 4. The van der Waals surface area contributed by atoms with Crippen molar-refractivity contribution in [1.29, 1.82) is 0 Å². The van der Waals surface area contributed by atoms with E-state index in [0.717, 1.165) is 19.4 Å². The van der Waals surface area contributed by atoms with Crippen LogP contribution in [-0.4, -0.2) is 74.2 Å². The third-order valence-electron chi connectivity index (χ3n) is 3.88. The zero-order chi connectivity index (χ0) is 13.8. The minimum absolute atomic E-state index is 0.0569. The molecule has 0 spiro atoms. The van der Waals surface area contributed by atoms with Gasteiger partial charge in [-0.15, -0.1) is 0 Å². The Morgan fingerprint density at radius 2 is 2.11 bits per heavy atom. The number of carbonyl (C=O) groups is 2. The molecule has 0 bridgehead atoms. The second-order valence-electron chi connectivity index (χ2n) is 5.09. The number of nitrogens with zero attached hydrogens (tertiary/aromatic N) is 2. The maximum atomic E-state index is 12.5. The minimum Gasteiger partial charge on any atom is -0.382 e. The first-order chi connectivity index (χ1) is 9.17. The van der Waals surface area contributed by atoms with Gasteiger partial charge in [-0.3, -0.25) is 9.59 Å². The van der Waals surface area contributed by atoms with Crippen LogP contribution in [0, 0.1) is 0 Å². The normalized spacial score (nSPS) is 25.5. The summed E-state index contributed by atoms with van der Waals surface area (Å²) in [6, 6.07) is -0.255. The number of methoxy groups -OCH3 is 2. The summed E-state index contributed by atoms with van der Waals surface area (Å²) in [6.07, 6.45) is 1.97. The molecule has 2 saturated heterocycles. The van der Waals surface area contributed by atoms with E-state index in [1.54, 1.807) is 24.0 Å². The van der Waals surface area contributed by atoms with E-state index in [0.29, 0.717) is 26.1 Å². The molecular formula is C13H22N2O4. The first-order valence-electron chi connectivity index (χ1n) is 6.77. The van der Waals surface area contributed by atoms with Crippen molar-refractivity contribution in [2.75, 3.05) is 40.5 Å². The molecule has 0 radical (unpaired) electrons. The Morgan fingerprint density at radius 1 is 1.32 bits per heavy atom. The third-order valence-corrected chi connectivity index (χ3v) is 3.88. The van der Waals surface area contributed by atoms with Crippen LogP contribution in [0.25, 0.3) is 0 Å². The summed E-state index contributed by atoms with van der Waals surface area (Å²) in [7, 11) is 3.22. The van der Waals surface area contributed by atoms with E-state index in [1.807, 2.05) is 0 Å². The van der Waals surface area contributed by atoms with Crippen LogP contribution in [0.5, 0.6) is 0 Å². The van der Waals surface area contributed by atoms with E-state index in [4.69, 9.17) is 9.47 Å². The third kappa shape index (κ3) is 3.06. The molecule has 2 aliphatic rings. The molecule has 6 heteroatoms. The fourth-order valence-electron chi connectivity index (χ4n) is 2.83. The first kappa shape index (κ1) is 14.3. The molecule has 0 aliphatic carbocycles. The van der Waals surface area contributed by atoms with Crippen LogP contribution in [0.1, 0.15) is 19.3 Å². The van der Waals surface area contributed by atoms with Crippen molar-refractivity contribution in [3.63, 3.8) is 0 Å². The van der Waals surface area contributed by atoms with Crippen molar-refractivity contribution >= 4 is 11.8 Å². The Kier molecular flexibility index (Phi) is 4.76. The lowest BCUT2D eigenvalue weighted by Crippen LogP contribution is -2.46. The highest BCUT2D eigenvalue weighted by atomic mass is 16.5. The van der Waals surface area contributed by atoms with Gasteiger partial charge < -0.3 is 19.3 Å². The van der Waals surface area contributed by atoms with Gasteiger partial charge in [0.2, 0.25) is 11.8 Å². The summed E-state index contributed by atoms with van der Waals surface area (Å²) in [4.78, 5) is 27.9. The van der Waals surface area contributed by atoms with Crippen LogP contribution in [0.3, 0.4) is 0 Å². The molecule has 2 amide bonds. The van der Waals surface area contributed by atoms with Gasteiger partial charge in [0.1, 0.15) is 6.04 Å². The molecule has 2 atom stereocenters. The van der Waals surface area contributed by atoms with Crippen molar-refractivity contribution in [2.24, 2.45) is 0 Å². The van der Waals surface area contributed by atoms with Crippen LogP contribution in [0.15, 0.2) is 0 Å². The molecule has 2 unspecified atom stereocenters. The molecule has 108 valence electrons. The standard InChI is InChI=1S/C13H22N2O4/c1-18-9-10(19-2)8-14-7-5-12(16)15-6-3-4-11(15)13(14)17/h10-11H,3-9H2,1-2H3. The van der Waals surface area contributed by atoms with Crippen LogP contribution >= 0.6 is 0 Å². The first-order valence-corrected chi connectivity index (χ1v) is 6.77. The number of amides is 2. The lowest BCUT2D eigenvalue weighted by molar-refractivity contribution is -0.140. The van der Waals surface area contributed by atoms with Gasteiger partial charge in [0.15, 0.2) is 0 Å². The van der Waals surface area contributed by atoms with Gasteiger partial charge in [-0.25, -0.2) is 0 Å². The van der Waals surface area contributed by atoms with Gasteiger partial charge in [0.25, 0.3) is 0 Å². The van der Waals surface area contributed by atoms with Gasteiger partial charge in [-0.1, -0.05) is 0 Å². The van der Waals surface area contributed by atoms with Gasteiger partial charge >= 0.3 is 0 Å². The predicted octanol–water partition coefficient (Wildman–Crippen LogP) is -0.129. The molecule has 2 heterocycles. The Hall–Kier alpha value is -1.14. The second-order valence-corrected chi connectivity index (χ2v) is 5.09. The van der Waals surface area contributed by atoms with E-state index in [1.165, 1.54) is 0 Å². The summed E-state index contributed by atoms with van der Waals surface area (Å²) in [6.45, 7) is 2.13. The Bertz CT molecular complexity index is 348. The highest BCUT2D eigenvalue weighted by molar-refractivity contribution is 5.90. The minimum atomic E-state index is -0.255. The quantitative estimate of drug-likeness (QED) is 0.698. The Balaban J connectivity index is 2.04. The van der Waals surface area contributed by atoms with E-state index in [-0.39, 0.29) is 24.0 Å². The van der Waals surface area contributed by atoms with Crippen LogP contribution in [0.2, 0.25) is 0 Å². The molecule has 6 nitrogen and oxygen atoms in total. The van der Waals surface area contributed by atoms with Gasteiger partial charge in [0.05, 0.1) is 12.7 Å². The molecule has 0 aromatic rings. The molecule has 19 heavy (non-hydrogen) atoms. The summed E-state index contributed by atoms with van der Waals surface area (Å²) in [5.41, 5.74) is 0. The number of rotatable bonds is 5. The number of ether oxygens (including phenoxy) is 2. The fraction of sp³-hybridized carbons (Fsp3) is 0.846. The Morgan fingerprint density at radius 3 is 2.79 bits per heavy atom. The van der Waals surface area contributed by atoms with E-state index in [2.05, 4.69) is 0 Å². The zero-order valence-electron chi connectivity index (χ0n) is 11.6. The lowest BCUT2D eigenvalue weighted by atomic mass is 10.2. The summed E-state index contributed by atoms with van der Waals surface area (Å²) in [5.74, 6) is 0.153. The van der Waals surface area contributed by atoms with Gasteiger partial charge in [0, 0.05) is 40.3 Å². The average molecular weight is 270 g/mol. The summed E-state index contributed by atoms with van der Waals surface area (Å²) >= 11 is 0. The molecule has 2 aliphatic heterocycles. The number of hydrogen-bond donors (Lipinski definition) is 0. The Labute approximate surface area is 113 Å². The topological polar surface area (TPSA) is 59.1 Å². The molecule has 0 aromatic carbocycles. The smallest absolute Gasteiger partial charge is 0.245 e. The van der Waals surface area contributed by atoms with Gasteiger partial charge in [-0.05, 0) is 12.8 Å².